The number of aromatic amines is 1. The number of carbonyl (C=O) groups is 1. The van der Waals surface area contributed by atoms with Crippen LogP contribution in [0.5, 0.6) is 0 Å². The predicted octanol–water partition coefficient (Wildman–Crippen LogP) is 3.35. The van der Waals surface area contributed by atoms with E-state index in [1.165, 1.54) is 24.3 Å². The number of benzene rings is 2. The lowest BCUT2D eigenvalue weighted by atomic mass is 10.1. The minimum absolute atomic E-state index is 0.109. The fourth-order valence-corrected chi connectivity index (χ4v) is 2.55. The molecule has 0 spiro atoms. The fourth-order valence-electron chi connectivity index (χ4n) is 2.55. The zero-order valence-electron chi connectivity index (χ0n) is 12.4. The van der Waals surface area contributed by atoms with Crippen molar-refractivity contribution in [3.8, 4) is 0 Å². The molecule has 23 heavy (non-hydrogen) atoms. The highest BCUT2D eigenvalue weighted by molar-refractivity contribution is 5.83. The maximum absolute atomic E-state index is 13.1. The van der Waals surface area contributed by atoms with Gasteiger partial charge in [-0.15, -0.1) is 0 Å². The van der Waals surface area contributed by atoms with E-state index in [9.17, 15) is 13.6 Å². The second kappa shape index (κ2) is 6.60. The highest BCUT2D eigenvalue weighted by Gasteiger charge is 2.06. The van der Waals surface area contributed by atoms with Gasteiger partial charge in [0.25, 0.3) is 0 Å². The third kappa shape index (κ3) is 3.74. The van der Waals surface area contributed by atoms with Gasteiger partial charge in [-0.3, -0.25) is 4.79 Å². The van der Waals surface area contributed by atoms with Gasteiger partial charge in [-0.2, -0.15) is 0 Å². The van der Waals surface area contributed by atoms with E-state index in [0.717, 1.165) is 22.0 Å². The van der Waals surface area contributed by atoms with Crippen molar-refractivity contribution < 1.29 is 13.6 Å². The maximum atomic E-state index is 13.1. The van der Waals surface area contributed by atoms with Gasteiger partial charge in [0.05, 0.1) is 6.42 Å². The zero-order chi connectivity index (χ0) is 16.2. The average Bonchev–Trinajstić information content (AvgIpc) is 2.92. The number of amides is 1. The molecule has 1 aromatic heterocycles. The van der Waals surface area contributed by atoms with Gasteiger partial charge in [-0.1, -0.05) is 12.1 Å². The first-order valence-electron chi connectivity index (χ1n) is 7.38. The lowest BCUT2D eigenvalue weighted by molar-refractivity contribution is -0.120. The van der Waals surface area contributed by atoms with E-state index in [4.69, 9.17) is 0 Å². The lowest BCUT2D eigenvalue weighted by Gasteiger charge is -2.05. The van der Waals surface area contributed by atoms with E-state index >= 15 is 0 Å². The van der Waals surface area contributed by atoms with Crippen LogP contribution in [0.1, 0.15) is 11.1 Å². The molecular formula is C18H16F2N2O. The Hall–Kier alpha value is -2.69. The van der Waals surface area contributed by atoms with E-state index in [-0.39, 0.29) is 24.0 Å². The normalized spacial score (nSPS) is 10.9. The molecule has 2 aromatic carbocycles. The molecule has 1 amide bonds. The second-order valence-electron chi connectivity index (χ2n) is 5.41. The van der Waals surface area contributed by atoms with Crippen LogP contribution in [0.3, 0.4) is 0 Å². The van der Waals surface area contributed by atoms with Crippen molar-refractivity contribution in [2.24, 2.45) is 0 Å². The van der Waals surface area contributed by atoms with Crippen LogP contribution in [0.15, 0.2) is 48.7 Å². The number of carbonyl (C=O) groups excluding carboxylic acids is 1. The summed E-state index contributed by atoms with van der Waals surface area (Å²) >= 11 is 0. The smallest absolute Gasteiger partial charge is 0.224 e. The number of nitrogens with one attached hydrogen (secondary N) is 2. The molecule has 0 aliphatic heterocycles. The summed E-state index contributed by atoms with van der Waals surface area (Å²) in [6, 6.07) is 10.5. The van der Waals surface area contributed by atoms with Crippen molar-refractivity contribution in [2.45, 2.75) is 12.8 Å². The van der Waals surface area contributed by atoms with Gasteiger partial charge in [0, 0.05) is 23.6 Å². The molecule has 0 radical (unpaired) electrons. The number of halogens is 2. The largest absolute Gasteiger partial charge is 0.361 e. The molecule has 5 heteroatoms. The minimum atomic E-state index is -0.315. The predicted molar refractivity (Wildman–Crippen MR) is 85.1 cm³/mol. The molecule has 0 atom stereocenters. The van der Waals surface area contributed by atoms with E-state index < -0.39 is 0 Å². The van der Waals surface area contributed by atoms with Gasteiger partial charge in [-0.05, 0) is 47.9 Å². The Morgan fingerprint density at radius 1 is 1.04 bits per heavy atom. The third-order valence-corrected chi connectivity index (χ3v) is 3.72. The van der Waals surface area contributed by atoms with Crippen molar-refractivity contribution in [2.75, 3.05) is 6.54 Å². The van der Waals surface area contributed by atoms with Gasteiger partial charge in [0.1, 0.15) is 11.6 Å². The molecule has 1 heterocycles. The molecule has 118 valence electrons. The number of hydrogen-bond donors (Lipinski definition) is 2. The van der Waals surface area contributed by atoms with Gasteiger partial charge in [-0.25, -0.2) is 8.78 Å². The van der Waals surface area contributed by atoms with Crippen LogP contribution in [0.4, 0.5) is 8.78 Å². The van der Waals surface area contributed by atoms with Crippen LogP contribution in [0.25, 0.3) is 10.9 Å². The number of fused-ring (bicyclic) bond motifs is 1. The standard InChI is InChI=1S/C18H16F2N2O/c19-14-3-1-12(2-4-14)9-18(23)21-8-7-13-11-22-17-10-15(20)5-6-16(13)17/h1-6,10-11,22H,7-9H2,(H,21,23). The van der Waals surface area contributed by atoms with Gasteiger partial charge >= 0.3 is 0 Å². The Balaban J connectivity index is 1.54. The topological polar surface area (TPSA) is 44.9 Å². The molecule has 0 aliphatic rings. The zero-order valence-corrected chi connectivity index (χ0v) is 12.4. The maximum Gasteiger partial charge on any atom is 0.224 e. The number of hydrogen-bond acceptors (Lipinski definition) is 1. The Morgan fingerprint density at radius 2 is 1.78 bits per heavy atom. The Labute approximate surface area is 132 Å². The first-order valence-corrected chi connectivity index (χ1v) is 7.38. The lowest BCUT2D eigenvalue weighted by Crippen LogP contribution is -2.27. The van der Waals surface area contributed by atoms with Crippen molar-refractivity contribution >= 4 is 16.8 Å². The second-order valence-corrected chi connectivity index (χ2v) is 5.41. The van der Waals surface area contributed by atoms with Gasteiger partial charge in [0.15, 0.2) is 0 Å². The Bertz CT molecular complexity index is 825. The molecule has 2 N–H and O–H groups in total. The van der Waals surface area contributed by atoms with Gasteiger partial charge in [0.2, 0.25) is 5.91 Å². The van der Waals surface area contributed by atoms with Crippen LogP contribution in [-0.4, -0.2) is 17.4 Å². The molecule has 3 nitrogen and oxygen atoms in total. The fraction of sp³-hybridized carbons (Fsp3) is 0.167. The van der Waals surface area contributed by atoms with Crippen molar-refractivity contribution in [1.29, 1.82) is 0 Å². The minimum Gasteiger partial charge on any atom is -0.361 e. The van der Waals surface area contributed by atoms with E-state index in [2.05, 4.69) is 10.3 Å². The summed E-state index contributed by atoms with van der Waals surface area (Å²) in [5.74, 6) is -0.703. The SMILES string of the molecule is O=C(Cc1ccc(F)cc1)NCCc1c[nH]c2cc(F)ccc12. The van der Waals surface area contributed by atoms with Gasteiger partial charge < -0.3 is 10.3 Å². The Kier molecular flexibility index (Phi) is 4.37. The third-order valence-electron chi connectivity index (χ3n) is 3.72. The first-order chi connectivity index (χ1) is 11.1. The molecule has 0 unspecified atom stereocenters. The van der Waals surface area contributed by atoms with Crippen molar-refractivity contribution in [3.63, 3.8) is 0 Å². The highest BCUT2D eigenvalue weighted by atomic mass is 19.1. The molecule has 0 bridgehead atoms. The monoisotopic (exact) mass is 314 g/mol. The summed E-state index contributed by atoms with van der Waals surface area (Å²) in [7, 11) is 0. The first kappa shape index (κ1) is 15.2. The van der Waals surface area contributed by atoms with Crippen molar-refractivity contribution in [3.05, 3.63) is 71.4 Å². The van der Waals surface area contributed by atoms with Crippen LogP contribution in [0, 0.1) is 11.6 Å². The summed E-state index contributed by atoms with van der Waals surface area (Å²) in [6.45, 7) is 0.490. The molecule has 3 rings (SSSR count). The van der Waals surface area contributed by atoms with Crippen LogP contribution in [-0.2, 0) is 17.6 Å². The summed E-state index contributed by atoms with van der Waals surface area (Å²) < 4.78 is 25.9. The molecule has 0 aliphatic carbocycles. The van der Waals surface area contributed by atoms with Crippen LogP contribution in [0.2, 0.25) is 0 Å². The number of rotatable bonds is 5. The summed E-state index contributed by atoms with van der Waals surface area (Å²) in [5, 5.41) is 3.80. The summed E-state index contributed by atoms with van der Waals surface area (Å²) in [4.78, 5) is 14.9. The van der Waals surface area contributed by atoms with E-state index in [1.807, 2.05) is 6.20 Å². The van der Waals surface area contributed by atoms with Crippen LogP contribution < -0.4 is 5.32 Å². The highest BCUT2D eigenvalue weighted by Crippen LogP contribution is 2.19. The molecular weight excluding hydrogens is 298 g/mol. The number of H-pyrrole nitrogens is 1. The quantitative estimate of drug-likeness (QED) is 0.745. The number of aromatic nitrogens is 1. The summed E-state index contributed by atoms with van der Waals surface area (Å²) in [6.07, 6.45) is 2.70. The van der Waals surface area contributed by atoms with E-state index in [1.54, 1.807) is 18.2 Å². The average molecular weight is 314 g/mol. The van der Waals surface area contributed by atoms with Crippen molar-refractivity contribution in [1.82, 2.24) is 10.3 Å². The molecule has 3 aromatic rings. The van der Waals surface area contributed by atoms with E-state index in [0.29, 0.717) is 13.0 Å². The van der Waals surface area contributed by atoms with Crippen LogP contribution >= 0.6 is 0 Å². The molecule has 0 fully saturated rings. The molecule has 0 saturated heterocycles. The molecule has 0 saturated carbocycles. The summed E-state index contributed by atoms with van der Waals surface area (Å²) in [5.41, 5.74) is 2.55. The Morgan fingerprint density at radius 3 is 2.57 bits per heavy atom.